The van der Waals surface area contributed by atoms with Gasteiger partial charge in [0.2, 0.25) is 5.88 Å². The highest BCUT2D eigenvalue weighted by Gasteiger charge is 2.41. The van der Waals surface area contributed by atoms with Crippen molar-refractivity contribution in [3.8, 4) is 23.1 Å². The van der Waals surface area contributed by atoms with E-state index in [0.717, 1.165) is 16.7 Å². The summed E-state index contributed by atoms with van der Waals surface area (Å²) in [5, 5.41) is 24.9. The minimum absolute atomic E-state index is 0.00370. The lowest BCUT2D eigenvalue weighted by Crippen LogP contribution is -2.45. The first-order valence-corrected chi connectivity index (χ1v) is 14.2. The lowest BCUT2D eigenvalue weighted by molar-refractivity contribution is -0.145. The highest BCUT2D eigenvalue weighted by atomic mass is 35.5. The van der Waals surface area contributed by atoms with Crippen molar-refractivity contribution in [3.63, 3.8) is 0 Å². The third kappa shape index (κ3) is 6.11. The fraction of sp³-hybridized carbons (Fsp3) is 0.103. The summed E-state index contributed by atoms with van der Waals surface area (Å²) < 4.78 is 7.97. The summed E-state index contributed by atoms with van der Waals surface area (Å²) >= 11 is 18.9. The number of nitrogens with zero attached hydrogens (tertiary/aromatic N) is 3. The quantitative estimate of drug-likeness (QED) is 0.161. The van der Waals surface area contributed by atoms with Gasteiger partial charge in [0.25, 0.3) is 5.91 Å². The van der Waals surface area contributed by atoms with Crippen LogP contribution in [0, 0.1) is 6.92 Å². The van der Waals surface area contributed by atoms with Gasteiger partial charge in [0.1, 0.15) is 21.9 Å². The topological polar surface area (TPSA) is 105 Å². The van der Waals surface area contributed by atoms with E-state index in [4.69, 9.17) is 40.2 Å². The Kier molecular flexibility index (Phi) is 8.37. The molecule has 1 amide bonds. The lowest BCUT2D eigenvalue weighted by Gasteiger charge is -2.23. The molecule has 0 aliphatic carbocycles. The molecule has 208 valence electrons. The number of phenols is 1. The third-order valence-corrected chi connectivity index (χ3v) is 8.09. The van der Waals surface area contributed by atoms with Crippen LogP contribution in [0.2, 0.25) is 10.0 Å². The maximum Gasteiger partial charge on any atom is 0.327 e. The number of aromatic nitrogens is 2. The number of hydrogen-bond donors (Lipinski definition) is 2. The summed E-state index contributed by atoms with van der Waals surface area (Å²) in [7, 11) is 0. The second-order valence-corrected chi connectivity index (χ2v) is 11.5. The van der Waals surface area contributed by atoms with E-state index in [-0.39, 0.29) is 26.4 Å². The van der Waals surface area contributed by atoms with Crippen LogP contribution in [0.1, 0.15) is 16.8 Å². The Morgan fingerprint density at radius 2 is 1.83 bits per heavy atom. The highest BCUT2D eigenvalue weighted by Crippen LogP contribution is 2.40. The Bertz CT molecular complexity index is 1690. The molecule has 8 nitrogen and oxygen atoms in total. The molecular weight excluding hydrogens is 605 g/mol. The van der Waals surface area contributed by atoms with Gasteiger partial charge in [-0.1, -0.05) is 77.5 Å². The number of carboxylic acid groups (broad SMARTS) is 1. The van der Waals surface area contributed by atoms with Gasteiger partial charge in [0, 0.05) is 11.4 Å². The zero-order chi connectivity index (χ0) is 29.3. The van der Waals surface area contributed by atoms with Crippen LogP contribution in [-0.2, 0) is 16.0 Å². The minimum Gasteiger partial charge on any atom is -0.508 e. The van der Waals surface area contributed by atoms with Crippen LogP contribution in [0.15, 0.2) is 77.7 Å². The van der Waals surface area contributed by atoms with Gasteiger partial charge in [-0.2, -0.15) is 9.78 Å². The first-order valence-electron chi connectivity index (χ1n) is 12.2. The summed E-state index contributed by atoms with van der Waals surface area (Å²) in [6, 6.07) is 19.0. The molecule has 12 heteroatoms. The van der Waals surface area contributed by atoms with Crippen LogP contribution in [0.3, 0.4) is 0 Å². The molecule has 1 saturated heterocycles. The summed E-state index contributed by atoms with van der Waals surface area (Å²) in [6.07, 6.45) is 1.60. The van der Waals surface area contributed by atoms with E-state index in [1.54, 1.807) is 48.0 Å². The van der Waals surface area contributed by atoms with Gasteiger partial charge in [-0.05, 0) is 61.0 Å². The fourth-order valence-corrected chi connectivity index (χ4v) is 6.00. The van der Waals surface area contributed by atoms with E-state index in [1.807, 2.05) is 30.3 Å². The van der Waals surface area contributed by atoms with Crippen LogP contribution in [0.5, 0.6) is 17.4 Å². The first-order chi connectivity index (χ1) is 19.6. The van der Waals surface area contributed by atoms with Crippen molar-refractivity contribution in [2.24, 2.45) is 0 Å². The second-order valence-electron chi connectivity index (χ2n) is 9.00. The zero-order valence-electron chi connectivity index (χ0n) is 21.3. The number of thioether (sulfide) groups is 1. The number of carboxylic acids is 1. The molecular formula is C29H21Cl2N3O5S2. The minimum atomic E-state index is -1.24. The molecule has 1 atom stereocenters. The molecule has 3 aromatic carbocycles. The number of aliphatic carboxylic acids is 1. The van der Waals surface area contributed by atoms with Crippen molar-refractivity contribution in [1.29, 1.82) is 0 Å². The van der Waals surface area contributed by atoms with Crippen LogP contribution in [-0.4, -0.2) is 47.1 Å². The van der Waals surface area contributed by atoms with Crippen LogP contribution in [0.4, 0.5) is 0 Å². The Morgan fingerprint density at radius 3 is 2.49 bits per heavy atom. The number of amides is 1. The number of carbonyl (C=O) groups is 2. The van der Waals surface area contributed by atoms with E-state index >= 15 is 0 Å². The number of aromatic hydroxyl groups is 1. The number of hydrogen-bond acceptors (Lipinski definition) is 7. The number of phenolic OH excluding ortho intramolecular Hbond substituents is 1. The molecule has 0 bridgehead atoms. The van der Waals surface area contributed by atoms with Crippen LogP contribution in [0.25, 0.3) is 11.8 Å². The molecule has 0 radical (unpaired) electrons. The van der Waals surface area contributed by atoms with Gasteiger partial charge >= 0.3 is 5.97 Å². The Balaban J connectivity index is 1.54. The van der Waals surface area contributed by atoms with Crippen molar-refractivity contribution >= 4 is 69.5 Å². The average Bonchev–Trinajstić information content (AvgIpc) is 3.40. The zero-order valence-corrected chi connectivity index (χ0v) is 24.5. The number of halogens is 2. The van der Waals surface area contributed by atoms with Gasteiger partial charge < -0.3 is 14.9 Å². The third-order valence-electron chi connectivity index (χ3n) is 6.22. The van der Waals surface area contributed by atoms with Crippen molar-refractivity contribution < 1.29 is 24.5 Å². The number of carbonyl (C=O) groups excluding carboxylic acids is 1. The summed E-state index contributed by atoms with van der Waals surface area (Å²) in [6.45, 7) is 1.77. The molecule has 2 heterocycles. The van der Waals surface area contributed by atoms with E-state index < -0.39 is 17.9 Å². The van der Waals surface area contributed by atoms with Gasteiger partial charge in [0.05, 0.1) is 26.9 Å². The molecule has 0 spiro atoms. The number of ether oxygens (including phenoxy) is 1. The second kappa shape index (κ2) is 12.0. The molecule has 1 fully saturated rings. The number of para-hydroxylation sites is 1. The number of aryl methyl sites for hydroxylation is 1. The lowest BCUT2D eigenvalue weighted by atomic mass is 10.0. The SMILES string of the molecule is Cc1nn(-c2ccccc2)c(Oc2ccc(Cl)cc2Cl)c1/C=C1\SC(=S)N([C@@H](Cc2ccc(O)cc2)C(=O)O)C1=O. The average molecular weight is 627 g/mol. The molecule has 1 aliphatic rings. The van der Waals surface area contributed by atoms with Gasteiger partial charge in [-0.25, -0.2) is 4.79 Å². The standard InChI is InChI=1S/C29H21Cl2N3O5S2/c1-16-21(27(34(32-16)19-5-3-2-4-6-19)39-24-12-9-18(30)14-22(24)31)15-25-26(36)33(29(40)41-25)23(28(37)38)13-17-7-10-20(35)11-8-17/h2-12,14-15,23,35H,13H2,1H3,(H,37,38)/b25-15-/t23-/m0/s1. The summed E-state index contributed by atoms with van der Waals surface area (Å²) in [5.41, 5.74) is 2.38. The summed E-state index contributed by atoms with van der Waals surface area (Å²) in [4.78, 5) is 27.2. The van der Waals surface area contributed by atoms with Gasteiger partial charge in [-0.15, -0.1) is 0 Å². The van der Waals surface area contributed by atoms with E-state index in [2.05, 4.69) is 5.10 Å². The van der Waals surface area contributed by atoms with E-state index in [0.29, 0.717) is 39.2 Å². The van der Waals surface area contributed by atoms with E-state index in [9.17, 15) is 19.8 Å². The van der Waals surface area contributed by atoms with Crippen LogP contribution >= 0.6 is 47.2 Å². The Morgan fingerprint density at radius 1 is 1.12 bits per heavy atom. The molecule has 1 aromatic heterocycles. The Labute approximate surface area is 254 Å². The number of rotatable bonds is 8. The molecule has 4 aromatic rings. The largest absolute Gasteiger partial charge is 0.508 e. The normalized spacial score (nSPS) is 15.0. The molecule has 2 N–H and O–H groups in total. The molecule has 1 aliphatic heterocycles. The fourth-order valence-electron chi connectivity index (χ4n) is 4.21. The maximum atomic E-state index is 13.6. The monoisotopic (exact) mass is 625 g/mol. The first kappa shape index (κ1) is 28.7. The summed E-state index contributed by atoms with van der Waals surface area (Å²) in [5.74, 6) is -1.07. The predicted octanol–water partition coefficient (Wildman–Crippen LogP) is 6.88. The van der Waals surface area contributed by atoms with Gasteiger partial charge in [-0.3, -0.25) is 9.69 Å². The molecule has 41 heavy (non-hydrogen) atoms. The smallest absolute Gasteiger partial charge is 0.327 e. The molecule has 5 rings (SSSR count). The Hall–Kier alpha value is -3.83. The number of thiocarbonyl (C=S) groups is 1. The van der Waals surface area contributed by atoms with Crippen molar-refractivity contribution in [1.82, 2.24) is 14.7 Å². The number of benzene rings is 3. The van der Waals surface area contributed by atoms with Crippen molar-refractivity contribution in [2.75, 3.05) is 0 Å². The van der Waals surface area contributed by atoms with Crippen LogP contribution < -0.4 is 4.74 Å². The van der Waals surface area contributed by atoms with Gasteiger partial charge in [0.15, 0.2) is 0 Å². The van der Waals surface area contributed by atoms with E-state index in [1.165, 1.54) is 12.1 Å². The molecule has 0 saturated carbocycles. The maximum absolute atomic E-state index is 13.6. The molecule has 0 unspecified atom stereocenters. The van der Waals surface area contributed by atoms with Crippen molar-refractivity contribution in [2.45, 2.75) is 19.4 Å². The highest BCUT2D eigenvalue weighted by molar-refractivity contribution is 8.26. The predicted molar refractivity (Wildman–Crippen MR) is 163 cm³/mol. The van der Waals surface area contributed by atoms with Crippen molar-refractivity contribution in [3.05, 3.63) is 105 Å².